The molecule has 1 aliphatic rings. The number of thioether (sulfide) groups is 1. The Morgan fingerprint density at radius 1 is 1.15 bits per heavy atom. The number of nitrogens with zero attached hydrogens (tertiary/aromatic N) is 1. The fraction of sp³-hybridized carbons (Fsp3) is 0.571. The van der Waals surface area contributed by atoms with Crippen molar-refractivity contribution in [2.45, 2.75) is 17.4 Å². The average molecular weight is 339 g/mol. The van der Waals surface area contributed by atoms with Crippen molar-refractivity contribution in [1.82, 2.24) is 4.90 Å². The normalized spacial score (nSPS) is 16.9. The van der Waals surface area contributed by atoms with Gasteiger partial charge in [-0.2, -0.15) is 0 Å². The van der Waals surface area contributed by atoms with Gasteiger partial charge >= 0.3 is 0 Å². The largest absolute Gasteiger partial charge is 0.379 e. The van der Waals surface area contributed by atoms with Crippen LogP contribution in [0.25, 0.3) is 0 Å². The Labute approximate surface area is 138 Å². The summed E-state index contributed by atoms with van der Waals surface area (Å²) in [4.78, 5) is 3.75. The van der Waals surface area contributed by atoms with Crippen molar-refractivity contribution in [3.05, 3.63) is 30.3 Å². The zero-order valence-electron chi connectivity index (χ0n) is 11.6. The number of halogens is 2. The van der Waals surface area contributed by atoms with Crippen molar-refractivity contribution in [3.63, 3.8) is 0 Å². The van der Waals surface area contributed by atoms with E-state index in [4.69, 9.17) is 10.5 Å². The maximum Gasteiger partial charge on any atom is 0.0594 e. The molecule has 20 heavy (non-hydrogen) atoms. The molecule has 6 heteroatoms. The van der Waals surface area contributed by atoms with E-state index in [2.05, 4.69) is 29.2 Å². The molecule has 1 saturated heterocycles. The topological polar surface area (TPSA) is 38.5 Å². The molecule has 0 radical (unpaired) electrons. The molecule has 0 unspecified atom stereocenters. The molecular formula is C14H24Cl2N2OS. The molecule has 1 aromatic rings. The quantitative estimate of drug-likeness (QED) is 0.809. The highest BCUT2D eigenvalue weighted by molar-refractivity contribution is 7.99. The van der Waals surface area contributed by atoms with Crippen LogP contribution < -0.4 is 5.73 Å². The summed E-state index contributed by atoms with van der Waals surface area (Å²) in [7, 11) is 0. The van der Waals surface area contributed by atoms with E-state index in [1.165, 1.54) is 4.90 Å². The maximum absolute atomic E-state index is 6.16. The van der Waals surface area contributed by atoms with Crippen LogP contribution in [0.3, 0.4) is 0 Å². The van der Waals surface area contributed by atoms with E-state index >= 15 is 0 Å². The first-order valence-corrected chi connectivity index (χ1v) is 7.56. The molecular weight excluding hydrogens is 315 g/mol. The molecule has 1 atom stereocenters. The number of rotatable bonds is 6. The van der Waals surface area contributed by atoms with Crippen molar-refractivity contribution >= 4 is 36.6 Å². The minimum atomic E-state index is 0. The molecule has 0 bridgehead atoms. The second kappa shape index (κ2) is 11.7. The third kappa shape index (κ3) is 7.72. The maximum atomic E-state index is 6.16. The molecule has 0 amide bonds. The van der Waals surface area contributed by atoms with E-state index in [-0.39, 0.29) is 30.9 Å². The van der Waals surface area contributed by atoms with E-state index in [1.807, 2.05) is 17.8 Å². The lowest BCUT2D eigenvalue weighted by molar-refractivity contribution is 0.0369. The fourth-order valence-corrected chi connectivity index (χ4v) is 2.90. The highest BCUT2D eigenvalue weighted by atomic mass is 35.5. The third-order valence-corrected chi connectivity index (χ3v) is 4.33. The summed E-state index contributed by atoms with van der Waals surface area (Å²) in [6.07, 6.45) is 1.07. The van der Waals surface area contributed by atoms with Crippen LogP contribution in [0.4, 0.5) is 0 Å². The van der Waals surface area contributed by atoms with Gasteiger partial charge in [0.15, 0.2) is 0 Å². The molecule has 1 aliphatic heterocycles. The summed E-state index contributed by atoms with van der Waals surface area (Å²) < 4.78 is 5.33. The molecule has 3 nitrogen and oxygen atoms in total. The molecule has 1 aromatic carbocycles. The molecule has 0 aliphatic carbocycles. The van der Waals surface area contributed by atoms with Gasteiger partial charge in [0.05, 0.1) is 13.2 Å². The first-order chi connectivity index (χ1) is 8.84. The van der Waals surface area contributed by atoms with Gasteiger partial charge in [-0.05, 0) is 25.1 Å². The molecule has 1 heterocycles. The summed E-state index contributed by atoms with van der Waals surface area (Å²) in [5.74, 6) is 0.994. The van der Waals surface area contributed by atoms with Gasteiger partial charge < -0.3 is 10.5 Å². The van der Waals surface area contributed by atoms with Gasteiger partial charge in [-0.15, -0.1) is 36.6 Å². The van der Waals surface area contributed by atoms with Crippen LogP contribution >= 0.6 is 36.6 Å². The Balaban J connectivity index is 0.00000180. The lowest BCUT2D eigenvalue weighted by Crippen LogP contribution is -2.39. The highest BCUT2D eigenvalue weighted by Gasteiger charge is 2.11. The summed E-state index contributed by atoms with van der Waals surface area (Å²) in [6.45, 7) is 4.94. The third-order valence-electron chi connectivity index (χ3n) is 3.13. The van der Waals surface area contributed by atoms with Crippen molar-refractivity contribution in [1.29, 1.82) is 0 Å². The van der Waals surface area contributed by atoms with Gasteiger partial charge in [-0.1, -0.05) is 18.2 Å². The zero-order valence-corrected chi connectivity index (χ0v) is 14.0. The van der Waals surface area contributed by atoms with E-state index in [1.54, 1.807) is 0 Å². The Morgan fingerprint density at radius 2 is 1.80 bits per heavy atom. The van der Waals surface area contributed by atoms with Crippen LogP contribution in [0.2, 0.25) is 0 Å². The summed E-state index contributed by atoms with van der Waals surface area (Å²) in [5, 5.41) is 0. The van der Waals surface area contributed by atoms with Gasteiger partial charge in [0.2, 0.25) is 0 Å². The SMILES string of the molecule is Cl.Cl.N[C@H](CCN1CCOCC1)CSc1ccccc1. The lowest BCUT2D eigenvalue weighted by Gasteiger charge is -2.27. The Morgan fingerprint density at radius 3 is 2.45 bits per heavy atom. The number of hydrogen-bond acceptors (Lipinski definition) is 4. The van der Waals surface area contributed by atoms with Crippen molar-refractivity contribution < 1.29 is 4.74 Å². The molecule has 0 aromatic heterocycles. The van der Waals surface area contributed by atoms with E-state index < -0.39 is 0 Å². The number of hydrogen-bond donors (Lipinski definition) is 1. The monoisotopic (exact) mass is 338 g/mol. The summed E-state index contributed by atoms with van der Waals surface area (Å²) in [5.41, 5.74) is 6.16. The molecule has 0 spiro atoms. The molecule has 1 fully saturated rings. The van der Waals surface area contributed by atoms with Crippen molar-refractivity contribution in [3.8, 4) is 0 Å². The average Bonchev–Trinajstić information content (AvgIpc) is 2.45. The minimum absolute atomic E-state index is 0. The van der Waals surface area contributed by atoms with Crippen LogP contribution in [0.1, 0.15) is 6.42 Å². The summed E-state index contributed by atoms with van der Waals surface area (Å²) >= 11 is 1.85. The lowest BCUT2D eigenvalue weighted by atomic mass is 10.2. The Kier molecular flexibility index (Phi) is 11.7. The van der Waals surface area contributed by atoms with E-state index in [0.717, 1.165) is 45.0 Å². The standard InChI is InChI=1S/C14H22N2OS.2ClH/c15-13(6-7-16-8-10-17-11-9-16)12-18-14-4-2-1-3-5-14;;/h1-5,13H,6-12,15H2;2*1H/t13-;;/m1../s1. The van der Waals surface area contributed by atoms with Gasteiger partial charge in [0.1, 0.15) is 0 Å². The molecule has 2 rings (SSSR count). The Hall–Kier alpha value is 0.0300. The molecule has 0 saturated carbocycles. The number of benzene rings is 1. The Bertz CT molecular complexity index is 337. The zero-order chi connectivity index (χ0) is 12.6. The van der Waals surface area contributed by atoms with Gasteiger partial charge in [-0.3, -0.25) is 4.90 Å². The summed E-state index contributed by atoms with van der Waals surface area (Å²) in [6, 6.07) is 10.7. The number of ether oxygens (including phenoxy) is 1. The predicted molar refractivity (Wildman–Crippen MR) is 91.5 cm³/mol. The van der Waals surface area contributed by atoms with Crippen LogP contribution in [0.5, 0.6) is 0 Å². The number of nitrogens with two attached hydrogens (primary N) is 1. The van der Waals surface area contributed by atoms with Crippen LogP contribution in [0.15, 0.2) is 35.2 Å². The molecule has 116 valence electrons. The van der Waals surface area contributed by atoms with Gasteiger partial charge in [0.25, 0.3) is 0 Å². The second-order valence-electron chi connectivity index (χ2n) is 4.63. The second-order valence-corrected chi connectivity index (χ2v) is 5.72. The predicted octanol–water partition coefficient (Wildman–Crippen LogP) is 2.67. The minimum Gasteiger partial charge on any atom is -0.379 e. The smallest absolute Gasteiger partial charge is 0.0594 e. The van der Waals surface area contributed by atoms with Crippen molar-refractivity contribution in [2.24, 2.45) is 5.73 Å². The van der Waals surface area contributed by atoms with Crippen LogP contribution in [-0.4, -0.2) is 49.5 Å². The van der Waals surface area contributed by atoms with Crippen LogP contribution in [0, 0.1) is 0 Å². The van der Waals surface area contributed by atoms with E-state index in [0.29, 0.717) is 0 Å². The first kappa shape index (κ1) is 20.0. The van der Waals surface area contributed by atoms with Gasteiger partial charge in [0, 0.05) is 29.8 Å². The van der Waals surface area contributed by atoms with Crippen LogP contribution in [-0.2, 0) is 4.74 Å². The first-order valence-electron chi connectivity index (χ1n) is 6.58. The molecule has 2 N–H and O–H groups in total. The van der Waals surface area contributed by atoms with Gasteiger partial charge in [-0.25, -0.2) is 0 Å². The number of morpholine rings is 1. The van der Waals surface area contributed by atoms with Crippen molar-refractivity contribution in [2.75, 3.05) is 38.6 Å². The highest BCUT2D eigenvalue weighted by Crippen LogP contribution is 2.18. The van der Waals surface area contributed by atoms with E-state index in [9.17, 15) is 0 Å². The fourth-order valence-electron chi connectivity index (χ4n) is 1.98.